The van der Waals surface area contributed by atoms with Gasteiger partial charge in [-0.25, -0.2) is 0 Å². The summed E-state index contributed by atoms with van der Waals surface area (Å²) in [6.07, 6.45) is 0.468. The van der Waals surface area contributed by atoms with E-state index in [9.17, 15) is 4.79 Å². The van der Waals surface area contributed by atoms with Crippen LogP contribution in [0.4, 0.5) is 5.69 Å². The maximum atomic E-state index is 11.7. The minimum atomic E-state index is 0.116. The lowest BCUT2D eigenvalue weighted by atomic mass is 10.2. The molecule has 0 unspecified atom stereocenters. The molecule has 1 aromatic carbocycles. The highest BCUT2D eigenvalue weighted by molar-refractivity contribution is 5.81. The van der Waals surface area contributed by atoms with Gasteiger partial charge in [0, 0.05) is 72.0 Å². The Morgan fingerprint density at radius 2 is 2.00 bits per heavy atom. The Morgan fingerprint density at radius 1 is 1.28 bits per heavy atom. The number of benzene rings is 1. The van der Waals surface area contributed by atoms with E-state index < -0.39 is 0 Å². The lowest BCUT2D eigenvalue weighted by molar-refractivity contribution is -0.128. The highest BCUT2D eigenvalue weighted by atomic mass is 16.5. The Bertz CT molecular complexity index is 595. The van der Waals surface area contributed by atoms with E-state index >= 15 is 0 Å². The number of nitrogens with one attached hydrogen (secondary N) is 1. The first-order chi connectivity index (χ1) is 12.0. The zero-order valence-electron chi connectivity index (χ0n) is 15.7. The molecule has 7 heteroatoms. The van der Waals surface area contributed by atoms with Gasteiger partial charge in [0.15, 0.2) is 5.96 Å². The first-order valence-corrected chi connectivity index (χ1v) is 8.60. The molecule has 0 saturated carbocycles. The van der Waals surface area contributed by atoms with Crippen molar-refractivity contribution in [2.24, 2.45) is 4.99 Å². The molecule has 0 aliphatic carbocycles. The van der Waals surface area contributed by atoms with Crippen molar-refractivity contribution < 1.29 is 9.53 Å². The number of guanidine groups is 1. The fourth-order valence-corrected chi connectivity index (χ4v) is 2.82. The number of hydrogen-bond acceptors (Lipinski definition) is 4. The molecular weight excluding hydrogens is 318 g/mol. The third-order valence-electron chi connectivity index (χ3n) is 4.33. The van der Waals surface area contributed by atoms with E-state index in [-0.39, 0.29) is 5.91 Å². The van der Waals surface area contributed by atoms with E-state index in [4.69, 9.17) is 4.74 Å². The number of piperazine rings is 1. The molecule has 2 rings (SSSR count). The molecule has 7 nitrogen and oxygen atoms in total. The molecule has 0 atom stereocenters. The van der Waals surface area contributed by atoms with Crippen LogP contribution in [0.1, 0.15) is 6.42 Å². The van der Waals surface area contributed by atoms with Crippen LogP contribution in [0.5, 0.6) is 5.75 Å². The summed E-state index contributed by atoms with van der Waals surface area (Å²) in [6.45, 7) is 4.21. The summed E-state index contributed by atoms with van der Waals surface area (Å²) < 4.78 is 5.31. The van der Waals surface area contributed by atoms with Crippen LogP contribution in [0.2, 0.25) is 0 Å². The average Bonchev–Trinajstić information content (AvgIpc) is 2.65. The fraction of sp³-hybridized carbons (Fsp3) is 0.556. The predicted molar refractivity (Wildman–Crippen MR) is 101 cm³/mol. The Hall–Kier alpha value is -2.44. The molecule has 1 saturated heterocycles. The first kappa shape index (κ1) is 18.9. The minimum Gasteiger partial charge on any atom is -0.497 e. The number of anilines is 1. The molecule has 1 amide bonds. The van der Waals surface area contributed by atoms with Crippen LogP contribution in [0.3, 0.4) is 0 Å². The predicted octanol–water partition coefficient (Wildman–Crippen LogP) is 0.871. The summed E-state index contributed by atoms with van der Waals surface area (Å²) in [4.78, 5) is 22.2. The van der Waals surface area contributed by atoms with Crippen LogP contribution in [-0.2, 0) is 4.79 Å². The molecule has 1 N–H and O–H groups in total. The van der Waals surface area contributed by atoms with Crippen LogP contribution in [0, 0.1) is 0 Å². The Morgan fingerprint density at radius 3 is 2.60 bits per heavy atom. The van der Waals surface area contributed by atoms with E-state index in [1.54, 1.807) is 33.2 Å². The van der Waals surface area contributed by atoms with E-state index in [0.29, 0.717) is 13.0 Å². The second-order valence-electron chi connectivity index (χ2n) is 6.19. The maximum absolute atomic E-state index is 11.7. The van der Waals surface area contributed by atoms with Gasteiger partial charge in [0.1, 0.15) is 5.75 Å². The van der Waals surface area contributed by atoms with Crippen LogP contribution in [-0.4, -0.2) is 82.6 Å². The van der Waals surface area contributed by atoms with Crippen LogP contribution in [0.25, 0.3) is 0 Å². The number of methoxy groups -OCH3 is 1. The van der Waals surface area contributed by atoms with Crippen molar-refractivity contribution in [1.82, 2.24) is 15.1 Å². The third-order valence-corrected chi connectivity index (χ3v) is 4.33. The summed E-state index contributed by atoms with van der Waals surface area (Å²) in [5.74, 6) is 1.85. The normalized spacial score (nSPS) is 15.1. The first-order valence-electron chi connectivity index (χ1n) is 8.60. The largest absolute Gasteiger partial charge is 0.497 e. The smallest absolute Gasteiger partial charge is 0.223 e. The van der Waals surface area contributed by atoms with Crippen molar-refractivity contribution in [3.8, 4) is 5.75 Å². The van der Waals surface area contributed by atoms with Gasteiger partial charge in [-0.15, -0.1) is 0 Å². The zero-order valence-corrected chi connectivity index (χ0v) is 15.7. The van der Waals surface area contributed by atoms with Gasteiger partial charge < -0.3 is 24.8 Å². The van der Waals surface area contributed by atoms with Crippen molar-refractivity contribution >= 4 is 17.6 Å². The molecule has 1 aliphatic heterocycles. The summed E-state index contributed by atoms with van der Waals surface area (Å²) in [5, 5.41) is 3.29. The van der Waals surface area contributed by atoms with E-state index in [1.807, 2.05) is 12.1 Å². The van der Waals surface area contributed by atoms with Crippen LogP contribution in [0.15, 0.2) is 29.3 Å². The lowest BCUT2D eigenvalue weighted by Crippen LogP contribution is -2.52. The molecule has 0 radical (unpaired) electrons. The molecule has 1 heterocycles. The number of aliphatic imine (C=N–C) groups is 1. The van der Waals surface area contributed by atoms with Crippen molar-refractivity contribution in [3.05, 3.63) is 24.3 Å². The van der Waals surface area contributed by atoms with Crippen molar-refractivity contribution in [1.29, 1.82) is 0 Å². The van der Waals surface area contributed by atoms with Crippen molar-refractivity contribution in [3.63, 3.8) is 0 Å². The minimum absolute atomic E-state index is 0.116. The quantitative estimate of drug-likeness (QED) is 0.633. The topological polar surface area (TPSA) is 60.4 Å². The molecule has 0 aromatic heterocycles. The van der Waals surface area contributed by atoms with Crippen LogP contribution >= 0.6 is 0 Å². The van der Waals surface area contributed by atoms with Gasteiger partial charge in [0.05, 0.1) is 7.11 Å². The van der Waals surface area contributed by atoms with Crippen molar-refractivity contribution in [2.45, 2.75) is 6.42 Å². The number of rotatable bonds is 5. The molecule has 1 aliphatic rings. The molecule has 25 heavy (non-hydrogen) atoms. The van der Waals surface area contributed by atoms with E-state index in [0.717, 1.165) is 37.9 Å². The summed E-state index contributed by atoms with van der Waals surface area (Å²) in [7, 11) is 7.02. The van der Waals surface area contributed by atoms with E-state index in [2.05, 4.69) is 32.2 Å². The van der Waals surface area contributed by atoms with E-state index in [1.165, 1.54) is 5.69 Å². The molecule has 0 spiro atoms. The molecule has 0 bridgehead atoms. The van der Waals surface area contributed by atoms with Gasteiger partial charge >= 0.3 is 0 Å². The lowest BCUT2D eigenvalue weighted by Gasteiger charge is -2.37. The molecule has 138 valence electrons. The van der Waals surface area contributed by atoms with Crippen molar-refractivity contribution in [2.75, 3.05) is 65.9 Å². The standard InChI is InChI=1S/C18H29N5O2/c1-19-18(20-9-8-17(24)21(2)3)23-12-10-22(11-13-23)15-6-5-7-16(14-15)25-4/h5-7,14H,8-13H2,1-4H3,(H,19,20). The Balaban J connectivity index is 1.84. The number of carbonyl (C=O) groups is 1. The number of amides is 1. The highest BCUT2D eigenvalue weighted by Crippen LogP contribution is 2.22. The summed E-state index contributed by atoms with van der Waals surface area (Å²) >= 11 is 0. The summed E-state index contributed by atoms with van der Waals surface area (Å²) in [6, 6.07) is 8.15. The van der Waals surface area contributed by atoms with Gasteiger partial charge in [0.2, 0.25) is 5.91 Å². The summed E-state index contributed by atoms with van der Waals surface area (Å²) in [5.41, 5.74) is 1.18. The van der Waals surface area contributed by atoms with Gasteiger partial charge in [0.25, 0.3) is 0 Å². The molecular formula is C18H29N5O2. The Kier molecular flexibility index (Phi) is 6.91. The fourth-order valence-electron chi connectivity index (χ4n) is 2.82. The SMILES string of the molecule is CN=C(NCCC(=O)N(C)C)N1CCN(c2cccc(OC)c2)CC1. The van der Waals surface area contributed by atoms with Crippen LogP contribution < -0.4 is 15.0 Å². The maximum Gasteiger partial charge on any atom is 0.223 e. The zero-order chi connectivity index (χ0) is 18.2. The average molecular weight is 347 g/mol. The van der Waals surface area contributed by atoms with Gasteiger partial charge in [-0.2, -0.15) is 0 Å². The monoisotopic (exact) mass is 347 g/mol. The third kappa shape index (κ3) is 5.27. The Labute approximate surface area is 150 Å². The number of hydrogen-bond donors (Lipinski definition) is 1. The number of carbonyl (C=O) groups excluding carboxylic acids is 1. The molecule has 1 fully saturated rings. The van der Waals surface area contributed by atoms with Gasteiger partial charge in [-0.3, -0.25) is 9.79 Å². The van der Waals surface area contributed by atoms with Gasteiger partial charge in [-0.05, 0) is 12.1 Å². The second-order valence-corrected chi connectivity index (χ2v) is 6.19. The molecule has 1 aromatic rings. The second kappa shape index (κ2) is 9.15. The number of ether oxygens (including phenoxy) is 1. The highest BCUT2D eigenvalue weighted by Gasteiger charge is 2.20. The van der Waals surface area contributed by atoms with Gasteiger partial charge in [-0.1, -0.05) is 6.07 Å². The number of nitrogens with zero attached hydrogens (tertiary/aromatic N) is 4.